The third kappa shape index (κ3) is 4.31. The van der Waals surface area contributed by atoms with Gasteiger partial charge in [0.2, 0.25) is 5.88 Å². The summed E-state index contributed by atoms with van der Waals surface area (Å²) in [4.78, 5) is 12.4. The van der Waals surface area contributed by atoms with Crippen LogP contribution in [0, 0.1) is 6.92 Å². The summed E-state index contributed by atoms with van der Waals surface area (Å²) in [5.74, 6) is -0.0880. The number of hydrogen-bond acceptors (Lipinski definition) is 6. The second-order valence-electron chi connectivity index (χ2n) is 6.75. The van der Waals surface area contributed by atoms with Crippen molar-refractivity contribution in [1.82, 2.24) is 15.0 Å². The maximum Gasteiger partial charge on any atom is 0.267 e. The van der Waals surface area contributed by atoms with E-state index in [0.717, 1.165) is 10.9 Å². The van der Waals surface area contributed by atoms with Crippen molar-refractivity contribution in [3.63, 3.8) is 0 Å². The first-order chi connectivity index (χ1) is 15.2. The predicted octanol–water partition coefficient (Wildman–Crippen LogP) is 5.77. The maximum absolute atomic E-state index is 13.0. The number of sulfonamides is 1. The summed E-state index contributed by atoms with van der Waals surface area (Å²) in [5, 5.41) is 1.47. The van der Waals surface area contributed by atoms with Crippen LogP contribution in [-0.2, 0) is 10.0 Å². The molecular formula is C21H15Cl3N4O3S. The lowest BCUT2D eigenvalue weighted by Crippen LogP contribution is -2.15. The zero-order chi connectivity index (χ0) is 23.0. The van der Waals surface area contributed by atoms with E-state index in [-0.39, 0.29) is 26.5 Å². The first kappa shape index (κ1) is 22.5. The van der Waals surface area contributed by atoms with Crippen LogP contribution in [0.2, 0.25) is 15.2 Å². The van der Waals surface area contributed by atoms with Gasteiger partial charge in [0.1, 0.15) is 5.15 Å². The molecule has 0 saturated carbocycles. The van der Waals surface area contributed by atoms with Crippen LogP contribution in [0.5, 0.6) is 5.88 Å². The van der Waals surface area contributed by atoms with Crippen LogP contribution in [0.3, 0.4) is 0 Å². The van der Waals surface area contributed by atoms with Crippen LogP contribution in [0.1, 0.15) is 5.69 Å². The van der Waals surface area contributed by atoms with Gasteiger partial charge in [-0.3, -0.25) is 9.71 Å². The number of methoxy groups -OCH3 is 1. The van der Waals surface area contributed by atoms with E-state index in [2.05, 4.69) is 19.7 Å². The molecule has 3 heterocycles. The van der Waals surface area contributed by atoms with E-state index in [0.29, 0.717) is 21.9 Å². The molecule has 11 heteroatoms. The molecule has 0 fully saturated rings. The number of nitrogens with zero attached hydrogens (tertiary/aromatic N) is 3. The number of fused-ring (bicyclic) bond motifs is 1. The predicted molar refractivity (Wildman–Crippen MR) is 126 cm³/mol. The highest BCUT2D eigenvalue weighted by atomic mass is 35.5. The van der Waals surface area contributed by atoms with Crippen molar-refractivity contribution in [3.05, 3.63) is 69.7 Å². The Kier molecular flexibility index (Phi) is 6.13. The lowest BCUT2D eigenvalue weighted by atomic mass is 10.0. The molecule has 0 spiro atoms. The van der Waals surface area contributed by atoms with E-state index < -0.39 is 10.0 Å². The van der Waals surface area contributed by atoms with Gasteiger partial charge in [-0.05, 0) is 25.1 Å². The zero-order valence-corrected chi connectivity index (χ0v) is 19.8. The molecule has 32 heavy (non-hydrogen) atoms. The molecule has 0 atom stereocenters. The normalized spacial score (nSPS) is 11.5. The van der Waals surface area contributed by atoms with Gasteiger partial charge in [0.15, 0.2) is 4.90 Å². The van der Waals surface area contributed by atoms with Crippen molar-refractivity contribution in [1.29, 1.82) is 0 Å². The van der Waals surface area contributed by atoms with Crippen LogP contribution in [0.25, 0.3) is 22.0 Å². The van der Waals surface area contributed by atoms with Crippen molar-refractivity contribution >= 4 is 61.4 Å². The largest absolute Gasteiger partial charge is 0.480 e. The summed E-state index contributed by atoms with van der Waals surface area (Å²) in [6.07, 6.45) is 2.91. The first-order valence-electron chi connectivity index (χ1n) is 9.14. The number of aromatic nitrogens is 3. The molecule has 4 aromatic rings. The Hall–Kier alpha value is -2.65. The zero-order valence-electron chi connectivity index (χ0n) is 16.7. The number of anilines is 1. The van der Waals surface area contributed by atoms with Crippen LogP contribution >= 0.6 is 34.8 Å². The lowest BCUT2D eigenvalue weighted by Gasteiger charge is -2.15. The first-order valence-corrected chi connectivity index (χ1v) is 11.8. The molecule has 1 aromatic carbocycles. The summed E-state index contributed by atoms with van der Waals surface area (Å²) in [5.41, 5.74) is 2.90. The Labute approximate surface area is 199 Å². The van der Waals surface area contributed by atoms with E-state index in [1.54, 1.807) is 30.5 Å². The number of benzene rings is 1. The minimum atomic E-state index is -4.10. The SMILES string of the molecule is COc1ncc(Cl)cc1S(=O)(=O)Nc1cccc(-c2cc3cnc(Cl)cc3nc2C)c1Cl. The van der Waals surface area contributed by atoms with E-state index in [9.17, 15) is 8.42 Å². The van der Waals surface area contributed by atoms with Crippen molar-refractivity contribution in [3.8, 4) is 17.0 Å². The number of pyridine rings is 3. The van der Waals surface area contributed by atoms with E-state index in [1.807, 2.05) is 13.0 Å². The average Bonchev–Trinajstić information content (AvgIpc) is 2.75. The number of ether oxygens (including phenoxy) is 1. The fraction of sp³-hybridized carbons (Fsp3) is 0.0952. The molecule has 3 aromatic heterocycles. The summed E-state index contributed by atoms with van der Waals surface area (Å²) in [6, 6.07) is 9.83. The standard InChI is InChI=1S/C21H15Cl3N4O3S/c1-11-15(6-12-9-25-19(23)8-17(12)27-11)14-4-3-5-16(20(14)24)28-32(29,30)18-7-13(22)10-26-21(18)31-2/h3-10,28H,1-2H3. The molecule has 0 radical (unpaired) electrons. The molecule has 0 unspecified atom stereocenters. The maximum atomic E-state index is 13.0. The second-order valence-corrected chi connectivity index (χ2v) is 9.61. The number of nitrogens with one attached hydrogen (secondary N) is 1. The molecule has 4 rings (SSSR count). The summed E-state index contributed by atoms with van der Waals surface area (Å²) in [7, 11) is -2.78. The topological polar surface area (TPSA) is 94.1 Å². The Morgan fingerprint density at radius 3 is 2.53 bits per heavy atom. The average molecular weight is 510 g/mol. The summed E-state index contributed by atoms with van der Waals surface area (Å²) >= 11 is 18.5. The third-order valence-corrected chi connectivity index (χ3v) is 6.84. The highest BCUT2D eigenvalue weighted by molar-refractivity contribution is 7.92. The summed E-state index contributed by atoms with van der Waals surface area (Å²) in [6.45, 7) is 1.83. The number of hydrogen-bond donors (Lipinski definition) is 1. The van der Waals surface area contributed by atoms with Crippen molar-refractivity contribution in [2.24, 2.45) is 0 Å². The molecule has 0 amide bonds. The summed E-state index contributed by atoms with van der Waals surface area (Å²) < 4.78 is 33.6. The van der Waals surface area contributed by atoms with Gasteiger partial charge in [-0.25, -0.2) is 18.4 Å². The quantitative estimate of drug-likeness (QED) is 0.343. The molecule has 7 nitrogen and oxygen atoms in total. The highest BCUT2D eigenvalue weighted by Crippen LogP contribution is 2.37. The Morgan fingerprint density at radius 1 is 1.00 bits per heavy atom. The van der Waals surface area contributed by atoms with E-state index in [4.69, 9.17) is 39.5 Å². The van der Waals surface area contributed by atoms with Crippen LogP contribution in [0.4, 0.5) is 5.69 Å². The smallest absolute Gasteiger partial charge is 0.267 e. The van der Waals surface area contributed by atoms with Crippen molar-refractivity contribution in [2.75, 3.05) is 11.8 Å². The second kappa shape index (κ2) is 8.71. The lowest BCUT2D eigenvalue weighted by molar-refractivity contribution is 0.385. The number of rotatable bonds is 5. The minimum Gasteiger partial charge on any atom is -0.480 e. The fourth-order valence-corrected chi connectivity index (χ4v) is 5.11. The van der Waals surface area contributed by atoms with Gasteiger partial charge in [0, 0.05) is 40.7 Å². The molecule has 0 aliphatic carbocycles. The molecule has 0 bridgehead atoms. The Bertz CT molecular complexity index is 1460. The Morgan fingerprint density at radius 2 is 1.78 bits per heavy atom. The van der Waals surface area contributed by atoms with Crippen molar-refractivity contribution in [2.45, 2.75) is 11.8 Å². The van der Waals surface area contributed by atoms with E-state index in [1.165, 1.54) is 19.4 Å². The minimum absolute atomic E-state index is 0.0880. The molecule has 0 saturated heterocycles. The van der Waals surface area contributed by atoms with Gasteiger partial charge >= 0.3 is 0 Å². The van der Waals surface area contributed by atoms with Gasteiger partial charge in [-0.15, -0.1) is 0 Å². The van der Waals surface area contributed by atoms with E-state index >= 15 is 0 Å². The van der Waals surface area contributed by atoms with Gasteiger partial charge in [-0.1, -0.05) is 46.9 Å². The van der Waals surface area contributed by atoms with Crippen LogP contribution in [0.15, 0.2) is 53.7 Å². The molecule has 0 aliphatic rings. The van der Waals surface area contributed by atoms with Crippen LogP contribution in [-0.4, -0.2) is 30.5 Å². The Balaban J connectivity index is 1.79. The molecule has 0 aliphatic heterocycles. The number of aryl methyl sites for hydroxylation is 1. The fourth-order valence-electron chi connectivity index (χ4n) is 3.18. The monoisotopic (exact) mass is 508 g/mol. The van der Waals surface area contributed by atoms with Crippen molar-refractivity contribution < 1.29 is 13.2 Å². The highest BCUT2D eigenvalue weighted by Gasteiger charge is 2.23. The molecular weight excluding hydrogens is 495 g/mol. The van der Waals surface area contributed by atoms with Gasteiger partial charge in [0.25, 0.3) is 10.0 Å². The van der Waals surface area contributed by atoms with Gasteiger partial charge < -0.3 is 4.74 Å². The number of halogens is 3. The third-order valence-electron chi connectivity index (χ3n) is 4.66. The molecule has 164 valence electrons. The molecule has 1 N–H and O–H groups in total. The van der Waals surface area contributed by atoms with Gasteiger partial charge in [-0.2, -0.15) is 0 Å². The van der Waals surface area contributed by atoms with Crippen LogP contribution < -0.4 is 9.46 Å². The van der Waals surface area contributed by atoms with Gasteiger partial charge in [0.05, 0.1) is 28.4 Å².